The van der Waals surface area contributed by atoms with Gasteiger partial charge in [0.25, 0.3) is 0 Å². The fourth-order valence-electron chi connectivity index (χ4n) is 2.39. The minimum absolute atomic E-state index is 0.0348. The fraction of sp³-hybridized carbons (Fsp3) is 0.429. The normalized spacial score (nSPS) is 31.1. The van der Waals surface area contributed by atoms with Gasteiger partial charge in [0.05, 0.1) is 6.04 Å². The van der Waals surface area contributed by atoms with Gasteiger partial charge in [-0.25, -0.2) is 26.6 Å². The molecule has 1 fully saturated rings. The monoisotopic (exact) mass is 345 g/mol. The lowest BCUT2D eigenvalue weighted by atomic mass is 10.0. The second-order valence-electron chi connectivity index (χ2n) is 5.54. The summed E-state index contributed by atoms with van der Waals surface area (Å²) < 4.78 is 63.6. The van der Waals surface area contributed by atoms with E-state index in [2.05, 4.69) is 9.98 Å². The van der Waals surface area contributed by atoms with Gasteiger partial charge in [-0.3, -0.25) is 4.99 Å². The quantitative estimate of drug-likeness (QED) is 0.656. The van der Waals surface area contributed by atoms with Crippen LogP contribution in [-0.2, 0) is 9.84 Å². The van der Waals surface area contributed by atoms with E-state index < -0.39 is 44.5 Å². The lowest BCUT2D eigenvalue weighted by Crippen LogP contribution is -2.30. The van der Waals surface area contributed by atoms with Crippen molar-refractivity contribution in [2.45, 2.75) is 36.5 Å². The molecule has 0 amide bonds. The molecule has 9 heteroatoms. The zero-order chi connectivity index (χ0) is 16.8. The molecule has 0 saturated heterocycles. The predicted molar refractivity (Wildman–Crippen MR) is 79.9 cm³/mol. The van der Waals surface area contributed by atoms with Crippen molar-refractivity contribution in [3.05, 3.63) is 35.6 Å². The Morgan fingerprint density at radius 2 is 1.83 bits per heavy atom. The van der Waals surface area contributed by atoms with Crippen molar-refractivity contribution in [2.75, 3.05) is 0 Å². The number of sulfone groups is 1. The number of nitrogens with zero attached hydrogens (tertiary/aromatic N) is 2. The second-order valence-corrected chi connectivity index (χ2v) is 7.66. The van der Waals surface area contributed by atoms with Crippen LogP contribution >= 0.6 is 0 Å². The highest BCUT2D eigenvalue weighted by atomic mass is 32.2. The second kappa shape index (κ2) is 5.63. The van der Waals surface area contributed by atoms with E-state index in [1.165, 1.54) is 24.3 Å². The van der Waals surface area contributed by atoms with Crippen LogP contribution in [0.2, 0.25) is 0 Å². The molecule has 1 unspecified atom stereocenters. The Bertz CT molecular complexity index is 777. The van der Waals surface area contributed by atoms with E-state index in [1.54, 1.807) is 0 Å². The number of benzene rings is 1. The Kier molecular flexibility index (Phi) is 3.91. The van der Waals surface area contributed by atoms with Crippen LogP contribution in [0.5, 0.6) is 0 Å². The average Bonchev–Trinajstić information content (AvgIpc) is 3.14. The Hall–Kier alpha value is -1.90. The first-order valence-electron chi connectivity index (χ1n) is 6.98. The van der Waals surface area contributed by atoms with Crippen molar-refractivity contribution in [2.24, 2.45) is 15.7 Å². The molecular formula is C14H14F3N3O2S. The molecular weight excluding hydrogens is 331 g/mol. The lowest BCUT2D eigenvalue weighted by Gasteiger charge is -2.05. The van der Waals surface area contributed by atoms with Gasteiger partial charge in [0.1, 0.15) is 17.2 Å². The SMILES string of the molecule is NC(=NC1=N[C@H](c2ccc(F)cc2)C[C@@H]1F)S(=O)(=O)C1C[C@H]1F. The van der Waals surface area contributed by atoms with Crippen molar-refractivity contribution in [1.29, 1.82) is 0 Å². The van der Waals surface area contributed by atoms with Crippen LogP contribution in [0.3, 0.4) is 0 Å². The van der Waals surface area contributed by atoms with E-state index in [9.17, 15) is 21.6 Å². The minimum Gasteiger partial charge on any atom is -0.374 e. The Morgan fingerprint density at radius 1 is 1.22 bits per heavy atom. The minimum atomic E-state index is -4.06. The molecule has 2 N–H and O–H groups in total. The molecule has 0 radical (unpaired) electrons. The van der Waals surface area contributed by atoms with E-state index in [0.717, 1.165) is 0 Å². The van der Waals surface area contributed by atoms with Crippen LogP contribution in [0.25, 0.3) is 0 Å². The molecule has 3 rings (SSSR count). The van der Waals surface area contributed by atoms with Crippen molar-refractivity contribution < 1.29 is 21.6 Å². The van der Waals surface area contributed by atoms with E-state index in [1.807, 2.05) is 0 Å². The molecule has 4 atom stereocenters. The molecule has 1 aliphatic carbocycles. The first kappa shape index (κ1) is 16.0. The summed E-state index contributed by atoms with van der Waals surface area (Å²) in [7, 11) is -4.06. The molecule has 1 aromatic carbocycles. The summed E-state index contributed by atoms with van der Waals surface area (Å²) in [4.78, 5) is 7.57. The van der Waals surface area contributed by atoms with Gasteiger partial charge in [0.15, 0.2) is 12.0 Å². The molecule has 1 saturated carbocycles. The van der Waals surface area contributed by atoms with E-state index in [-0.39, 0.29) is 18.7 Å². The average molecular weight is 345 g/mol. The van der Waals surface area contributed by atoms with Crippen LogP contribution in [0.15, 0.2) is 34.3 Å². The zero-order valence-corrected chi connectivity index (χ0v) is 12.7. The molecule has 23 heavy (non-hydrogen) atoms. The standard InChI is InChI=1S/C14H14F3N3O2S/c15-8-3-1-7(2-4-8)11-5-10(17)13(19-11)20-14(18)23(21,22)12-6-9(12)16/h1-4,9-12H,5-6H2,(H2,18,19,20)/t9-,10+,11+,12?/m1/s1. The number of nitrogens with two attached hydrogens (primary N) is 1. The first-order valence-corrected chi connectivity index (χ1v) is 8.53. The fourth-order valence-corrected chi connectivity index (χ4v) is 3.74. The van der Waals surface area contributed by atoms with Crippen LogP contribution in [0.1, 0.15) is 24.4 Å². The number of hydrogen-bond donors (Lipinski definition) is 1. The molecule has 0 aromatic heterocycles. The van der Waals surface area contributed by atoms with Crippen molar-refractivity contribution in [1.82, 2.24) is 0 Å². The van der Waals surface area contributed by atoms with Gasteiger partial charge in [-0.15, -0.1) is 0 Å². The Morgan fingerprint density at radius 3 is 2.39 bits per heavy atom. The van der Waals surface area contributed by atoms with Crippen LogP contribution in [0, 0.1) is 5.82 Å². The smallest absolute Gasteiger partial charge is 0.220 e. The molecule has 1 heterocycles. The molecule has 124 valence electrons. The largest absolute Gasteiger partial charge is 0.374 e. The van der Waals surface area contributed by atoms with Gasteiger partial charge >= 0.3 is 0 Å². The van der Waals surface area contributed by atoms with Crippen molar-refractivity contribution in [3.63, 3.8) is 0 Å². The van der Waals surface area contributed by atoms with Gasteiger partial charge in [-0.05, 0) is 24.1 Å². The van der Waals surface area contributed by atoms with E-state index in [4.69, 9.17) is 5.73 Å². The number of amidine groups is 2. The number of hydrogen-bond acceptors (Lipinski definition) is 4. The predicted octanol–water partition coefficient (Wildman–Crippen LogP) is 1.85. The highest BCUT2D eigenvalue weighted by Gasteiger charge is 2.50. The summed E-state index contributed by atoms with van der Waals surface area (Å²) in [6, 6.07) is 4.82. The first-order chi connectivity index (χ1) is 10.8. The lowest BCUT2D eigenvalue weighted by molar-refractivity contribution is 0.400. The van der Waals surface area contributed by atoms with Gasteiger partial charge < -0.3 is 5.73 Å². The number of rotatable bonds is 2. The van der Waals surface area contributed by atoms with Crippen molar-refractivity contribution >= 4 is 20.8 Å². The van der Waals surface area contributed by atoms with Crippen LogP contribution in [-0.4, -0.2) is 37.0 Å². The zero-order valence-electron chi connectivity index (χ0n) is 11.9. The number of alkyl halides is 2. The summed E-state index contributed by atoms with van der Waals surface area (Å²) in [6.45, 7) is 0. The Labute approximate surface area is 131 Å². The molecule has 5 nitrogen and oxygen atoms in total. The highest BCUT2D eigenvalue weighted by Crippen LogP contribution is 2.34. The van der Waals surface area contributed by atoms with Gasteiger partial charge in [0.2, 0.25) is 15.0 Å². The molecule has 2 aliphatic rings. The third-order valence-electron chi connectivity index (χ3n) is 3.83. The summed E-state index contributed by atoms with van der Waals surface area (Å²) >= 11 is 0. The summed E-state index contributed by atoms with van der Waals surface area (Å²) in [5.41, 5.74) is 5.99. The van der Waals surface area contributed by atoms with Gasteiger partial charge in [-0.2, -0.15) is 0 Å². The van der Waals surface area contributed by atoms with Gasteiger partial charge in [-0.1, -0.05) is 12.1 Å². The van der Waals surface area contributed by atoms with Crippen molar-refractivity contribution in [3.8, 4) is 0 Å². The number of aliphatic imine (C=N–C) groups is 2. The summed E-state index contributed by atoms with van der Waals surface area (Å²) in [5.74, 6) is -0.761. The maximum atomic E-state index is 14.0. The van der Waals surface area contributed by atoms with Crippen LogP contribution in [0.4, 0.5) is 13.2 Å². The summed E-state index contributed by atoms with van der Waals surface area (Å²) in [5, 5.41) is -2.01. The molecule has 0 bridgehead atoms. The molecule has 1 aromatic rings. The number of halogens is 3. The van der Waals surface area contributed by atoms with E-state index >= 15 is 0 Å². The highest BCUT2D eigenvalue weighted by molar-refractivity contribution is 8.07. The third kappa shape index (κ3) is 3.10. The molecule has 0 spiro atoms. The third-order valence-corrected chi connectivity index (χ3v) is 5.79. The maximum Gasteiger partial charge on any atom is 0.220 e. The van der Waals surface area contributed by atoms with Gasteiger partial charge in [0, 0.05) is 6.42 Å². The maximum absolute atomic E-state index is 14.0. The topological polar surface area (TPSA) is 84.9 Å². The Balaban J connectivity index is 1.83. The van der Waals surface area contributed by atoms with E-state index in [0.29, 0.717) is 5.56 Å². The van der Waals surface area contributed by atoms with Crippen LogP contribution < -0.4 is 5.73 Å². The summed E-state index contributed by atoms with van der Waals surface area (Å²) in [6.07, 6.45) is -3.19. The molecule has 1 aliphatic heterocycles.